The molecule has 2 aromatic rings. The Morgan fingerprint density at radius 3 is 2.55 bits per heavy atom. The standard InChI is InChI=1S/C22H26ClN3O3/c1-16-4-2-7-19(12-16)26-21(28)24-14-20(27)25-15-22(8-10-29-11-9-22)17-5-3-6-18(23)13-17/h2-7,12-13H,8-11,14-15H2,1H3,(H,25,27)(H2,24,26,28). The van der Waals surface area contributed by atoms with Crippen LogP contribution >= 0.6 is 11.6 Å². The number of benzene rings is 2. The average Bonchev–Trinajstić information content (AvgIpc) is 2.71. The van der Waals surface area contributed by atoms with E-state index < -0.39 is 6.03 Å². The molecule has 0 unspecified atom stereocenters. The molecule has 3 rings (SSSR count). The summed E-state index contributed by atoms with van der Waals surface area (Å²) in [6.07, 6.45) is 1.60. The number of carbonyl (C=O) groups is 2. The number of rotatable bonds is 6. The number of ether oxygens (including phenoxy) is 1. The Kier molecular flexibility index (Phi) is 7.12. The minimum atomic E-state index is -0.415. The summed E-state index contributed by atoms with van der Waals surface area (Å²) in [5.74, 6) is -0.239. The van der Waals surface area contributed by atoms with E-state index in [1.54, 1.807) is 6.07 Å². The second-order valence-corrected chi connectivity index (χ2v) is 7.79. The van der Waals surface area contributed by atoms with Crippen molar-refractivity contribution in [2.24, 2.45) is 0 Å². The van der Waals surface area contributed by atoms with Crippen LogP contribution in [0.5, 0.6) is 0 Å². The van der Waals surface area contributed by atoms with Gasteiger partial charge in [-0.15, -0.1) is 0 Å². The molecule has 1 saturated heterocycles. The highest BCUT2D eigenvalue weighted by molar-refractivity contribution is 6.30. The first-order valence-corrected chi connectivity index (χ1v) is 10.1. The number of anilines is 1. The van der Waals surface area contributed by atoms with Gasteiger partial charge >= 0.3 is 6.03 Å². The van der Waals surface area contributed by atoms with E-state index in [9.17, 15) is 9.59 Å². The van der Waals surface area contributed by atoms with Crippen molar-refractivity contribution in [3.05, 3.63) is 64.7 Å². The molecule has 6 nitrogen and oxygen atoms in total. The summed E-state index contributed by atoms with van der Waals surface area (Å²) >= 11 is 6.18. The Bertz CT molecular complexity index is 866. The Morgan fingerprint density at radius 1 is 1.07 bits per heavy atom. The van der Waals surface area contributed by atoms with Crippen molar-refractivity contribution >= 4 is 29.2 Å². The highest BCUT2D eigenvalue weighted by atomic mass is 35.5. The van der Waals surface area contributed by atoms with Gasteiger partial charge in [-0.25, -0.2) is 4.79 Å². The van der Waals surface area contributed by atoms with Crippen molar-refractivity contribution in [1.82, 2.24) is 10.6 Å². The molecule has 0 atom stereocenters. The zero-order valence-corrected chi connectivity index (χ0v) is 17.2. The highest BCUT2D eigenvalue weighted by Gasteiger charge is 2.35. The van der Waals surface area contributed by atoms with Crippen LogP contribution in [0.4, 0.5) is 10.5 Å². The summed E-state index contributed by atoms with van der Waals surface area (Å²) in [5, 5.41) is 8.95. The molecule has 1 heterocycles. The number of halogens is 1. The Morgan fingerprint density at radius 2 is 1.83 bits per heavy atom. The molecule has 1 fully saturated rings. The minimum absolute atomic E-state index is 0.0974. The first kappa shape index (κ1) is 21.1. The highest BCUT2D eigenvalue weighted by Crippen LogP contribution is 2.35. The first-order valence-electron chi connectivity index (χ1n) is 9.69. The van der Waals surface area contributed by atoms with Gasteiger partial charge in [0.05, 0.1) is 6.54 Å². The van der Waals surface area contributed by atoms with Gasteiger partial charge in [0.1, 0.15) is 0 Å². The lowest BCUT2D eigenvalue weighted by atomic mass is 9.74. The van der Waals surface area contributed by atoms with E-state index >= 15 is 0 Å². The monoisotopic (exact) mass is 415 g/mol. The molecule has 0 bridgehead atoms. The maximum absolute atomic E-state index is 12.3. The van der Waals surface area contributed by atoms with Crippen LogP contribution in [-0.4, -0.2) is 38.2 Å². The third-order valence-electron chi connectivity index (χ3n) is 5.20. The van der Waals surface area contributed by atoms with E-state index in [0.717, 1.165) is 24.0 Å². The second-order valence-electron chi connectivity index (χ2n) is 7.36. The molecule has 0 aliphatic carbocycles. The topological polar surface area (TPSA) is 79.5 Å². The molecule has 0 radical (unpaired) electrons. The summed E-state index contributed by atoms with van der Waals surface area (Å²) < 4.78 is 5.52. The Hall–Kier alpha value is -2.57. The van der Waals surface area contributed by atoms with Crippen molar-refractivity contribution in [3.8, 4) is 0 Å². The lowest BCUT2D eigenvalue weighted by Gasteiger charge is -2.38. The van der Waals surface area contributed by atoms with Crippen LogP contribution in [0.25, 0.3) is 0 Å². The van der Waals surface area contributed by atoms with Gasteiger partial charge in [-0.2, -0.15) is 0 Å². The summed E-state index contributed by atoms with van der Waals surface area (Å²) in [6, 6.07) is 14.8. The normalized spacial score (nSPS) is 15.4. The minimum Gasteiger partial charge on any atom is -0.381 e. The van der Waals surface area contributed by atoms with Gasteiger partial charge in [-0.1, -0.05) is 35.9 Å². The second kappa shape index (κ2) is 9.76. The molecule has 1 aliphatic heterocycles. The molecule has 1 aliphatic rings. The van der Waals surface area contributed by atoms with Crippen molar-refractivity contribution in [2.45, 2.75) is 25.2 Å². The molecular weight excluding hydrogens is 390 g/mol. The number of hydrogen-bond donors (Lipinski definition) is 3. The maximum atomic E-state index is 12.3. The molecule has 0 aromatic heterocycles. The van der Waals surface area contributed by atoms with E-state index in [1.807, 2.05) is 49.4 Å². The van der Waals surface area contributed by atoms with E-state index in [-0.39, 0.29) is 17.9 Å². The fourth-order valence-corrected chi connectivity index (χ4v) is 3.73. The van der Waals surface area contributed by atoms with Gasteiger partial charge in [-0.3, -0.25) is 4.79 Å². The summed E-state index contributed by atoms with van der Waals surface area (Å²) in [5.41, 5.74) is 2.61. The first-order chi connectivity index (χ1) is 14.0. The van der Waals surface area contributed by atoms with E-state index in [0.29, 0.717) is 30.5 Å². The molecule has 3 amide bonds. The zero-order chi connectivity index (χ0) is 20.7. The van der Waals surface area contributed by atoms with Gasteiger partial charge in [0.2, 0.25) is 5.91 Å². The van der Waals surface area contributed by atoms with E-state index in [2.05, 4.69) is 16.0 Å². The zero-order valence-electron chi connectivity index (χ0n) is 16.5. The lowest BCUT2D eigenvalue weighted by Crippen LogP contribution is -2.47. The number of urea groups is 1. The van der Waals surface area contributed by atoms with E-state index in [4.69, 9.17) is 16.3 Å². The predicted octanol–water partition coefficient (Wildman–Crippen LogP) is 3.63. The molecule has 29 heavy (non-hydrogen) atoms. The van der Waals surface area contributed by atoms with Gasteiger partial charge in [0, 0.05) is 35.9 Å². The van der Waals surface area contributed by atoms with Crippen LogP contribution < -0.4 is 16.0 Å². The summed E-state index contributed by atoms with van der Waals surface area (Å²) in [6.45, 7) is 3.60. The van der Waals surface area contributed by atoms with Crippen LogP contribution in [0.15, 0.2) is 48.5 Å². The molecular formula is C22H26ClN3O3. The molecule has 154 valence electrons. The van der Waals surface area contributed by atoms with Crippen molar-refractivity contribution in [1.29, 1.82) is 0 Å². The van der Waals surface area contributed by atoms with Crippen LogP contribution in [0.3, 0.4) is 0 Å². The van der Waals surface area contributed by atoms with Crippen LogP contribution in [0.2, 0.25) is 5.02 Å². The van der Waals surface area contributed by atoms with Crippen molar-refractivity contribution < 1.29 is 14.3 Å². The summed E-state index contributed by atoms with van der Waals surface area (Å²) in [7, 11) is 0. The number of nitrogens with one attached hydrogen (secondary N) is 3. The third kappa shape index (κ3) is 5.95. The maximum Gasteiger partial charge on any atom is 0.319 e. The molecule has 7 heteroatoms. The van der Waals surface area contributed by atoms with Gasteiger partial charge in [-0.05, 0) is 55.2 Å². The average molecular weight is 416 g/mol. The molecule has 0 spiro atoms. The number of carbonyl (C=O) groups excluding carboxylic acids is 2. The Balaban J connectivity index is 1.53. The SMILES string of the molecule is Cc1cccc(NC(=O)NCC(=O)NCC2(c3cccc(Cl)c3)CCOCC2)c1. The lowest BCUT2D eigenvalue weighted by molar-refractivity contribution is -0.120. The number of amides is 3. The van der Waals surface area contributed by atoms with Crippen LogP contribution in [0.1, 0.15) is 24.0 Å². The molecule has 3 N–H and O–H groups in total. The molecule has 0 saturated carbocycles. The number of hydrogen-bond acceptors (Lipinski definition) is 3. The third-order valence-corrected chi connectivity index (χ3v) is 5.43. The fourth-order valence-electron chi connectivity index (χ4n) is 3.54. The number of aryl methyl sites for hydroxylation is 1. The van der Waals surface area contributed by atoms with Gasteiger partial charge in [0.15, 0.2) is 0 Å². The predicted molar refractivity (Wildman–Crippen MR) is 114 cm³/mol. The fraction of sp³-hybridized carbons (Fsp3) is 0.364. The largest absolute Gasteiger partial charge is 0.381 e. The van der Waals surface area contributed by atoms with Crippen molar-refractivity contribution in [2.75, 3.05) is 31.6 Å². The molecule has 2 aromatic carbocycles. The van der Waals surface area contributed by atoms with Crippen LogP contribution in [-0.2, 0) is 14.9 Å². The van der Waals surface area contributed by atoms with Crippen molar-refractivity contribution in [3.63, 3.8) is 0 Å². The van der Waals surface area contributed by atoms with Crippen LogP contribution in [0, 0.1) is 6.92 Å². The van der Waals surface area contributed by atoms with E-state index in [1.165, 1.54) is 0 Å². The Labute approximate surface area is 176 Å². The van der Waals surface area contributed by atoms with Gasteiger partial charge in [0.25, 0.3) is 0 Å². The van der Waals surface area contributed by atoms with Gasteiger partial charge < -0.3 is 20.7 Å². The smallest absolute Gasteiger partial charge is 0.319 e. The summed E-state index contributed by atoms with van der Waals surface area (Å²) in [4.78, 5) is 24.3. The quantitative estimate of drug-likeness (QED) is 0.674.